The fourth-order valence-electron chi connectivity index (χ4n) is 1.44. The Morgan fingerprint density at radius 1 is 1.50 bits per heavy atom. The molecule has 2 aromatic rings. The van der Waals surface area contributed by atoms with E-state index in [1.54, 1.807) is 0 Å². The minimum atomic E-state index is 0.462. The molecule has 0 saturated carbocycles. The number of anilines is 1. The van der Waals surface area contributed by atoms with Crippen molar-refractivity contribution in [3.05, 3.63) is 18.1 Å². The number of aromatic nitrogens is 3. The molecule has 2 rings (SSSR count). The lowest BCUT2D eigenvalue weighted by molar-refractivity contribution is 1.02. The molecule has 0 unspecified atom stereocenters. The number of rotatable bonds is 2. The lowest BCUT2D eigenvalue weighted by Gasteiger charge is -1.96. The zero-order valence-corrected chi connectivity index (χ0v) is 7.49. The minimum absolute atomic E-state index is 0.462. The number of fused-ring (bicyclic) bond motifs is 1. The molecule has 5 heteroatoms. The van der Waals surface area contributed by atoms with Crippen molar-refractivity contribution in [3.63, 3.8) is 0 Å². The molecule has 0 fully saturated rings. The fraction of sp³-hybridized carbons (Fsp3) is 0.222. The van der Waals surface area contributed by atoms with Gasteiger partial charge in [-0.15, -0.1) is 0 Å². The number of aryl methyl sites for hydroxylation is 1. The third-order valence-corrected chi connectivity index (χ3v) is 2.09. The number of nitriles is 1. The highest BCUT2D eigenvalue weighted by atomic mass is 15.0. The van der Waals surface area contributed by atoms with Crippen LogP contribution >= 0.6 is 0 Å². The molecule has 0 amide bonds. The number of nitrogens with zero attached hydrogens (tertiary/aromatic N) is 3. The van der Waals surface area contributed by atoms with Gasteiger partial charge in [0.15, 0.2) is 0 Å². The topological polar surface area (TPSA) is 91.4 Å². The smallest absolute Gasteiger partial charge is 0.143 e. The third kappa shape index (κ3) is 1.27. The molecule has 0 saturated heterocycles. The van der Waals surface area contributed by atoms with Crippen LogP contribution in [0.2, 0.25) is 0 Å². The maximum atomic E-state index is 8.48. The Hall–Kier alpha value is -2.09. The van der Waals surface area contributed by atoms with Crippen LogP contribution in [-0.2, 0) is 6.42 Å². The molecule has 0 aromatic carbocycles. The molecule has 3 N–H and O–H groups in total. The van der Waals surface area contributed by atoms with Crippen LogP contribution in [0.4, 0.5) is 5.82 Å². The van der Waals surface area contributed by atoms with Crippen molar-refractivity contribution >= 4 is 16.9 Å². The first-order chi connectivity index (χ1) is 6.83. The highest BCUT2D eigenvalue weighted by Gasteiger charge is 2.07. The lowest BCUT2D eigenvalue weighted by Crippen LogP contribution is -1.93. The van der Waals surface area contributed by atoms with Crippen LogP contribution in [0.15, 0.2) is 12.5 Å². The van der Waals surface area contributed by atoms with E-state index in [1.807, 2.05) is 6.20 Å². The van der Waals surface area contributed by atoms with Gasteiger partial charge in [0.2, 0.25) is 0 Å². The van der Waals surface area contributed by atoms with Gasteiger partial charge in [-0.3, -0.25) is 0 Å². The van der Waals surface area contributed by atoms with Gasteiger partial charge < -0.3 is 10.7 Å². The van der Waals surface area contributed by atoms with Crippen LogP contribution in [0, 0.1) is 11.3 Å². The van der Waals surface area contributed by atoms with Crippen molar-refractivity contribution in [3.8, 4) is 6.07 Å². The van der Waals surface area contributed by atoms with Gasteiger partial charge in [-0.25, -0.2) is 9.97 Å². The second kappa shape index (κ2) is 3.34. The second-order valence-electron chi connectivity index (χ2n) is 2.95. The zero-order chi connectivity index (χ0) is 9.97. The van der Waals surface area contributed by atoms with Gasteiger partial charge in [-0.2, -0.15) is 5.26 Å². The Morgan fingerprint density at radius 3 is 3.14 bits per heavy atom. The molecule has 5 nitrogen and oxygen atoms in total. The van der Waals surface area contributed by atoms with E-state index in [9.17, 15) is 0 Å². The van der Waals surface area contributed by atoms with Gasteiger partial charge in [0, 0.05) is 12.6 Å². The van der Waals surface area contributed by atoms with Gasteiger partial charge in [0.1, 0.15) is 17.8 Å². The summed E-state index contributed by atoms with van der Waals surface area (Å²) in [5.41, 5.74) is 7.45. The normalized spacial score (nSPS) is 10.2. The quantitative estimate of drug-likeness (QED) is 0.733. The maximum Gasteiger partial charge on any atom is 0.143 e. The number of nitrogens with two attached hydrogens (primary N) is 1. The summed E-state index contributed by atoms with van der Waals surface area (Å²) in [5, 5.41) is 9.32. The van der Waals surface area contributed by atoms with E-state index in [4.69, 9.17) is 11.0 Å². The largest absolute Gasteiger partial charge is 0.383 e. The first kappa shape index (κ1) is 8.51. The maximum absolute atomic E-state index is 8.48. The average molecular weight is 187 g/mol. The van der Waals surface area contributed by atoms with Crippen molar-refractivity contribution in [1.82, 2.24) is 15.0 Å². The van der Waals surface area contributed by atoms with Crippen molar-refractivity contribution in [2.75, 3.05) is 5.73 Å². The van der Waals surface area contributed by atoms with E-state index in [2.05, 4.69) is 21.0 Å². The van der Waals surface area contributed by atoms with Crippen molar-refractivity contribution in [2.24, 2.45) is 0 Å². The average Bonchev–Trinajstić information content (AvgIpc) is 2.59. The Bertz CT molecular complexity index is 493. The predicted molar refractivity (Wildman–Crippen MR) is 52.2 cm³/mol. The van der Waals surface area contributed by atoms with Crippen LogP contribution in [0.5, 0.6) is 0 Å². The summed E-state index contributed by atoms with van der Waals surface area (Å²) in [6.45, 7) is 0. The molecule has 70 valence electrons. The molecule has 14 heavy (non-hydrogen) atoms. The predicted octanol–water partition coefficient (Wildman–Crippen LogP) is 0.996. The number of nitrogens with one attached hydrogen (secondary N) is 1. The Kier molecular flexibility index (Phi) is 2.03. The van der Waals surface area contributed by atoms with Gasteiger partial charge in [0.05, 0.1) is 11.5 Å². The molecule has 0 radical (unpaired) electrons. The molecule has 0 aliphatic carbocycles. The number of hydrogen-bond donors (Lipinski definition) is 2. The summed E-state index contributed by atoms with van der Waals surface area (Å²) in [7, 11) is 0. The standard InChI is InChI=1S/C9H9N5/c10-3-1-2-6-4-12-9-7(6)8(11)13-5-14-9/h4-5H,1-2H2,(H3,11,12,13,14). The summed E-state index contributed by atoms with van der Waals surface area (Å²) < 4.78 is 0. The van der Waals surface area contributed by atoms with E-state index >= 15 is 0 Å². The third-order valence-electron chi connectivity index (χ3n) is 2.09. The van der Waals surface area contributed by atoms with Gasteiger partial charge in [-0.1, -0.05) is 0 Å². The lowest BCUT2D eigenvalue weighted by atomic mass is 10.1. The molecule has 0 aliphatic heterocycles. The summed E-state index contributed by atoms with van der Waals surface area (Å²) in [5.74, 6) is 0.462. The van der Waals surface area contributed by atoms with Crippen molar-refractivity contribution in [1.29, 1.82) is 5.26 Å². The van der Waals surface area contributed by atoms with E-state index < -0.39 is 0 Å². The number of H-pyrrole nitrogens is 1. The first-order valence-electron chi connectivity index (χ1n) is 4.26. The SMILES string of the molecule is N#CCCc1c[nH]c2ncnc(N)c12. The van der Waals surface area contributed by atoms with Crippen LogP contribution in [0.25, 0.3) is 11.0 Å². The van der Waals surface area contributed by atoms with Crippen LogP contribution < -0.4 is 5.73 Å². The molecule has 0 aliphatic rings. The van der Waals surface area contributed by atoms with Crippen LogP contribution in [-0.4, -0.2) is 15.0 Å². The van der Waals surface area contributed by atoms with Gasteiger partial charge in [0.25, 0.3) is 0 Å². The Balaban J connectivity index is 2.51. The monoisotopic (exact) mass is 187 g/mol. The Morgan fingerprint density at radius 2 is 2.36 bits per heavy atom. The van der Waals surface area contributed by atoms with Crippen LogP contribution in [0.1, 0.15) is 12.0 Å². The van der Waals surface area contributed by atoms with Crippen molar-refractivity contribution < 1.29 is 0 Å². The molecular formula is C9H9N5. The van der Waals surface area contributed by atoms with Gasteiger partial charge >= 0.3 is 0 Å². The summed E-state index contributed by atoms with van der Waals surface area (Å²) in [4.78, 5) is 11.0. The van der Waals surface area contributed by atoms with Gasteiger partial charge in [-0.05, 0) is 12.0 Å². The van der Waals surface area contributed by atoms with E-state index in [0.717, 1.165) is 16.6 Å². The van der Waals surface area contributed by atoms with Crippen LogP contribution in [0.3, 0.4) is 0 Å². The minimum Gasteiger partial charge on any atom is -0.383 e. The van der Waals surface area contributed by atoms with E-state index in [1.165, 1.54) is 6.33 Å². The van der Waals surface area contributed by atoms with E-state index in [-0.39, 0.29) is 0 Å². The highest BCUT2D eigenvalue weighted by Crippen LogP contribution is 2.21. The fourth-order valence-corrected chi connectivity index (χ4v) is 1.44. The molecule has 2 heterocycles. The summed E-state index contributed by atoms with van der Waals surface area (Å²) >= 11 is 0. The molecule has 2 aromatic heterocycles. The highest BCUT2D eigenvalue weighted by molar-refractivity contribution is 5.89. The second-order valence-corrected chi connectivity index (χ2v) is 2.95. The zero-order valence-electron chi connectivity index (χ0n) is 7.49. The molecule has 0 bridgehead atoms. The summed E-state index contributed by atoms with van der Waals surface area (Å²) in [6.07, 6.45) is 4.39. The molecular weight excluding hydrogens is 178 g/mol. The Labute approximate surface area is 80.6 Å². The van der Waals surface area contributed by atoms with E-state index in [0.29, 0.717) is 18.7 Å². The first-order valence-corrected chi connectivity index (χ1v) is 4.26. The molecule has 0 spiro atoms. The summed E-state index contributed by atoms with van der Waals surface area (Å²) in [6, 6.07) is 2.09. The number of hydrogen-bond acceptors (Lipinski definition) is 4. The number of nitrogen functional groups attached to an aromatic ring is 1. The number of aromatic amines is 1. The van der Waals surface area contributed by atoms with Crippen molar-refractivity contribution in [2.45, 2.75) is 12.8 Å². The molecule has 0 atom stereocenters.